The Hall–Kier alpha value is -0.380. The van der Waals surface area contributed by atoms with Crippen LogP contribution in [0.1, 0.15) is 0 Å². The highest BCUT2D eigenvalue weighted by Gasteiger charge is 2.09. The summed E-state index contributed by atoms with van der Waals surface area (Å²) in [7, 11) is 0. The summed E-state index contributed by atoms with van der Waals surface area (Å²) in [4.78, 5) is 13.2. The second kappa shape index (κ2) is 10.1. The highest BCUT2D eigenvalue weighted by molar-refractivity contribution is 8.13. The van der Waals surface area contributed by atoms with E-state index in [4.69, 9.17) is 23.2 Å². The number of carbonyl (C=O) groups is 1. The molecule has 0 atom stereocenters. The molecule has 0 aromatic rings. The van der Waals surface area contributed by atoms with Crippen molar-refractivity contribution in [3.05, 3.63) is 35.9 Å². The predicted molar refractivity (Wildman–Crippen MR) is 69.6 cm³/mol. The normalized spacial score (nSPS) is 11.1. The Balaban J connectivity index is 4.18. The van der Waals surface area contributed by atoms with Crippen LogP contribution < -0.4 is 0 Å². The first-order valence-electron chi connectivity index (χ1n) is 4.29. The fourth-order valence-corrected chi connectivity index (χ4v) is 1.53. The number of hydrogen-bond acceptors (Lipinski definition) is 2. The van der Waals surface area contributed by atoms with Gasteiger partial charge < -0.3 is 4.90 Å². The molecule has 0 saturated carbocycles. The molecule has 0 heterocycles. The smallest absolute Gasteiger partial charge is 0.282 e. The zero-order valence-electron chi connectivity index (χ0n) is 8.23. The molecular weight excluding hydrogens is 253 g/mol. The molecule has 0 aliphatic rings. The first kappa shape index (κ1) is 14.6. The summed E-state index contributed by atoms with van der Waals surface area (Å²) in [5.74, 6) is 0.602. The minimum atomic E-state index is -0.0144. The van der Waals surface area contributed by atoms with Crippen LogP contribution in [0.5, 0.6) is 0 Å². The van der Waals surface area contributed by atoms with Gasteiger partial charge in [-0.2, -0.15) is 0 Å². The summed E-state index contributed by atoms with van der Waals surface area (Å²) >= 11 is 12.0. The lowest BCUT2D eigenvalue weighted by molar-refractivity contribution is 0.233. The van der Waals surface area contributed by atoms with Crippen molar-refractivity contribution in [1.29, 1.82) is 0 Å². The van der Waals surface area contributed by atoms with E-state index < -0.39 is 0 Å². The van der Waals surface area contributed by atoms with Crippen LogP contribution in [0.2, 0.25) is 0 Å². The van der Waals surface area contributed by atoms with E-state index in [1.54, 1.807) is 23.1 Å². The Kier molecular flexibility index (Phi) is 9.89. The molecule has 0 fully saturated rings. The minimum absolute atomic E-state index is 0.0144. The topological polar surface area (TPSA) is 20.3 Å². The van der Waals surface area contributed by atoms with Crippen molar-refractivity contribution in [2.24, 2.45) is 0 Å². The Bertz CT molecular complexity index is 240. The molecule has 0 aromatic heterocycles. The maximum absolute atomic E-state index is 11.6. The summed E-state index contributed by atoms with van der Waals surface area (Å²) in [5.41, 5.74) is 2.78. The maximum atomic E-state index is 11.6. The molecule has 0 saturated heterocycles. The van der Waals surface area contributed by atoms with Gasteiger partial charge in [-0.15, -0.1) is 6.58 Å². The molecule has 0 radical (unpaired) electrons. The average Bonchev–Trinajstić information content (AvgIpc) is 2.26. The van der Waals surface area contributed by atoms with E-state index in [2.05, 4.69) is 6.58 Å². The molecule has 0 aliphatic carbocycles. The number of halogens is 2. The number of nitrogens with zero attached hydrogens (tertiary/aromatic N) is 1. The lowest BCUT2D eigenvalue weighted by Gasteiger charge is -2.17. The summed E-state index contributed by atoms with van der Waals surface area (Å²) in [6.45, 7) is 4.51. The lowest BCUT2D eigenvalue weighted by atomic mass is 10.5. The average molecular weight is 266 g/mol. The van der Waals surface area contributed by atoms with E-state index in [-0.39, 0.29) is 5.24 Å². The molecule has 5 heteroatoms. The quantitative estimate of drug-likeness (QED) is 0.681. The third-order valence-corrected chi connectivity index (χ3v) is 2.68. The number of hydrogen-bond donors (Lipinski definition) is 0. The van der Waals surface area contributed by atoms with Gasteiger partial charge >= 0.3 is 0 Å². The summed E-state index contributed by atoms with van der Waals surface area (Å²) in [5, 5.41) is -0.0144. The van der Waals surface area contributed by atoms with Crippen molar-refractivity contribution < 1.29 is 4.79 Å². The largest absolute Gasteiger partial charge is 0.326 e. The van der Waals surface area contributed by atoms with E-state index in [1.165, 1.54) is 22.8 Å². The van der Waals surface area contributed by atoms with Crippen molar-refractivity contribution >= 4 is 40.2 Å². The van der Waals surface area contributed by atoms with Crippen LogP contribution in [0, 0.1) is 0 Å². The lowest BCUT2D eigenvalue weighted by Crippen LogP contribution is -2.28. The van der Waals surface area contributed by atoms with Gasteiger partial charge in [0, 0.05) is 29.9 Å². The number of carbonyl (C=O) groups excluding carboxylic acids is 1. The Morgan fingerprint density at radius 1 is 1.27 bits per heavy atom. The van der Waals surface area contributed by atoms with E-state index in [9.17, 15) is 4.79 Å². The summed E-state index contributed by atoms with van der Waals surface area (Å²) in [6, 6.07) is 0. The van der Waals surface area contributed by atoms with Crippen molar-refractivity contribution in [3.8, 4) is 0 Å². The van der Waals surface area contributed by atoms with Crippen LogP contribution in [-0.2, 0) is 0 Å². The van der Waals surface area contributed by atoms with Crippen LogP contribution in [0.15, 0.2) is 35.9 Å². The second-order valence-corrected chi connectivity index (χ2v) is 3.97. The zero-order valence-corrected chi connectivity index (χ0v) is 10.6. The molecule has 0 unspecified atom stereocenters. The van der Waals surface area contributed by atoms with Crippen LogP contribution in [0.25, 0.3) is 0 Å². The fourth-order valence-electron chi connectivity index (χ4n) is 0.779. The van der Waals surface area contributed by atoms with Gasteiger partial charge in [-0.25, -0.2) is 0 Å². The molecule has 0 N–H and O–H groups in total. The SMILES string of the molecule is C=CCSC(=O)N(CC=CCl)CC=CCl. The first-order chi connectivity index (χ1) is 7.26. The van der Waals surface area contributed by atoms with Crippen molar-refractivity contribution in [1.82, 2.24) is 4.90 Å². The zero-order chi connectivity index (χ0) is 11.5. The molecule has 2 nitrogen and oxygen atoms in total. The number of rotatable bonds is 6. The van der Waals surface area contributed by atoms with Crippen LogP contribution >= 0.6 is 35.0 Å². The monoisotopic (exact) mass is 265 g/mol. The van der Waals surface area contributed by atoms with Gasteiger partial charge in [-0.3, -0.25) is 4.79 Å². The molecular formula is C10H13Cl2NOS. The second-order valence-electron chi connectivity index (χ2n) is 2.49. The highest BCUT2D eigenvalue weighted by Crippen LogP contribution is 2.09. The minimum Gasteiger partial charge on any atom is -0.326 e. The van der Waals surface area contributed by atoms with Gasteiger partial charge in [0.25, 0.3) is 5.24 Å². The number of amides is 1. The van der Waals surface area contributed by atoms with Gasteiger partial charge in [-0.1, -0.05) is 53.2 Å². The van der Waals surface area contributed by atoms with E-state index in [0.29, 0.717) is 18.8 Å². The molecule has 0 aromatic carbocycles. The molecule has 0 aliphatic heterocycles. The van der Waals surface area contributed by atoms with Crippen LogP contribution in [0.4, 0.5) is 4.79 Å². The molecule has 0 bridgehead atoms. The fraction of sp³-hybridized carbons (Fsp3) is 0.300. The van der Waals surface area contributed by atoms with Crippen LogP contribution in [0.3, 0.4) is 0 Å². The third-order valence-electron chi connectivity index (χ3n) is 1.41. The summed E-state index contributed by atoms with van der Waals surface area (Å²) in [6.07, 6.45) is 5.10. The molecule has 1 amide bonds. The van der Waals surface area contributed by atoms with Gasteiger partial charge in [0.2, 0.25) is 0 Å². The highest BCUT2D eigenvalue weighted by atomic mass is 35.5. The van der Waals surface area contributed by atoms with E-state index >= 15 is 0 Å². The standard InChI is InChI=1S/C10H13Cl2NOS/c1-2-9-15-10(14)13(7-3-5-11)8-4-6-12/h2-6H,1,7-9H2. The van der Waals surface area contributed by atoms with Gasteiger partial charge in [0.15, 0.2) is 0 Å². The van der Waals surface area contributed by atoms with Crippen molar-refractivity contribution in [2.75, 3.05) is 18.8 Å². The Morgan fingerprint density at radius 2 is 1.80 bits per heavy atom. The van der Waals surface area contributed by atoms with Crippen molar-refractivity contribution in [3.63, 3.8) is 0 Å². The van der Waals surface area contributed by atoms with Gasteiger partial charge in [-0.05, 0) is 0 Å². The molecule has 15 heavy (non-hydrogen) atoms. The van der Waals surface area contributed by atoms with E-state index in [0.717, 1.165) is 0 Å². The third kappa shape index (κ3) is 7.54. The van der Waals surface area contributed by atoms with Gasteiger partial charge in [0.05, 0.1) is 0 Å². The Morgan fingerprint density at radius 3 is 2.20 bits per heavy atom. The van der Waals surface area contributed by atoms with Gasteiger partial charge in [0.1, 0.15) is 0 Å². The molecule has 84 valence electrons. The Labute approximate surface area is 105 Å². The van der Waals surface area contributed by atoms with E-state index in [1.807, 2.05) is 0 Å². The predicted octanol–water partition coefficient (Wildman–Crippen LogP) is 3.83. The first-order valence-corrected chi connectivity index (χ1v) is 6.15. The van der Waals surface area contributed by atoms with Crippen molar-refractivity contribution in [2.45, 2.75) is 0 Å². The number of thioether (sulfide) groups is 1. The maximum Gasteiger partial charge on any atom is 0.282 e. The molecule has 0 spiro atoms. The molecule has 0 rings (SSSR count). The summed E-state index contributed by atoms with van der Waals surface area (Å²) < 4.78 is 0. The van der Waals surface area contributed by atoms with Crippen LogP contribution in [-0.4, -0.2) is 29.0 Å².